The van der Waals surface area contributed by atoms with Gasteiger partial charge in [0, 0.05) is 13.0 Å². The Morgan fingerprint density at radius 1 is 1.05 bits per heavy atom. The van der Waals surface area contributed by atoms with Gasteiger partial charge in [0.25, 0.3) is 0 Å². The summed E-state index contributed by atoms with van der Waals surface area (Å²) in [5, 5.41) is 0. The Morgan fingerprint density at radius 3 is 1.73 bits per heavy atom. The minimum absolute atomic E-state index is 0.209. The first-order valence-electron chi connectivity index (χ1n) is 7.30. The molecule has 0 bridgehead atoms. The van der Waals surface area contributed by atoms with Crippen molar-refractivity contribution in [3.05, 3.63) is 0 Å². The number of carbonyl (C=O) groups excluding carboxylic acids is 3. The highest BCUT2D eigenvalue weighted by Crippen LogP contribution is 2.22. The van der Waals surface area contributed by atoms with E-state index in [2.05, 4.69) is 0 Å². The van der Waals surface area contributed by atoms with Gasteiger partial charge >= 0.3 is 12.2 Å². The van der Waals surface area contributed by atoms with Gasteiger partial charge in [-0.2, -0.15) is 4.90 Å². The normalized spacial score (nSPS) is 20.0. The van der Waals surface area contributed by atoms with Crippen LogP contribution in [0.4, 0.5) is 9.59 Å². The number of imide groups is 1. The second kappa shape index (κ2) is 6.24. The summed E-state index contributed by atoms with van der Waals surface area (Å²) in [5.41, 5.74) is -1.56. The Morgan fingerprint density at radius 2 is 1.45 bits per heavy atom. The van der Waals surface area contributed by atoms with E-state index in [9.17, 15) is 14.4 Å². The molecule has 1 heterocycles. The summed E-state index contributed by atoms with van der Waals surface area (Å²) in [7, 11) is 1.68. The van der Waals surface area contributed by atoms with Gasteiger partial charge < -0.3 is 9.47 Å². The van der Waals surface area contributed by atoms with E-state index in [0.717, 1.165) is 4.90 Å². The van der Waals surface area contributed by atoms with Crippen molar-refractivity contribution in [2.24, 2.45) is 0 Å². The predicted octanol–water partition coefficient (Wildman–Crippen LogP) is 2.39. The van der Waals surface area contributed by atoms with E-state index in [-0.39, 0.29) is 12.2 Å². The van der Waals surface area contributed by atoms with Gasteiger partial charge in [0.05, 0.1) is 0 Å². The van der Waals surface area contributed by atoms with Gasteiger partial charge in [0.2, 0.25) is 0 Å². The van der Waals surface area contributed by atoms with Crippen LogP contribution < -0.4 is 0 Å². The number of amides is 2. The Kier molecular flexibility index (Phi) is 5.22. The van der Waals surface area contributed by atoms with Gasteiger partial charge in [-0.3, -0.25) is 9.69 Å². The monoisotopic (exact) mass is 314 g/mol. The first kappa shape index (κ1) is 18.4. The number of ether oxygens (including phenoxy) is 2. The summed E-state index contributed by atoms with van der Waals surface area (Å²) >= 11 is 0. The highest BCUT2D eigenvalue weighted by molar-refractivity contribution is 5.97. The van der Waals surface area contributed by atoms with Crippen molar-refractivity contribution >= 4 is 18.0 Å². The molecule has 1 rings (SSSR count). The van der Waals surface area contributed by atoms with Crippen LogP contribution in [0, 0.1) is 0 Å². The highest BCUT2D eigenvalue weighted by Gasteiger charge is 2.44. The van der Waals surface area contributed by atoms with Crippen molar-refractivity contribution in [1.29, 1.82) is 0 Å². The summed E-state index contributed by atoms with van der Waals surface area (Å²) in [6.07, 6.45) is -2.46. The minimum Gasteiger partial charge on any atom is -0.443 e. The van der Waals surface area contributed by atoms with E-state index in [1.54, 1.807) is 53.5 Å². The van der Waals surface area contributed by atoms with Gasteiger partial charge in [0.15, 0.2) is 11.9 Å². The maximum Gasteiger partial charge on any atom is 0.421 e. The molecule has 0 aromatic rings. The number of ketones is 1. The lowest BCUT2D eigenvalue weighted by atomic mass is 10.2. The third kappa shape index (κ3) is 4.98. The number of hydrogen-bond acceptors (Lipinski definition) is 6. The third-order valence-electron chi connectivity index (χ3n) is 2.84. The van der Waals surface area contributed by atoms with Crippen molar-refractivity contribution in [3.63, 3.8) is 0 Å². The van der Waals surface area contributed by atoms with Crippen molar-refractivity contribution in [2.75, 3.05) is 13.6 Å². The molecule has 1 atom stereocenters. The largest absolute Gasteiger partial charge is 0.443 e. The SMILES string of the molecule is CN1CCC(=O)C1N(C(=O)OC(C)(C)C)C(=O)OC(C)(C)C. The lowest BCUT2D eigenvalue weighted by Gasteiger charge is -2.33. The number of likely N-dealkylation sites (tertiary alicyclic amines) is 1. The van der Waals surface area contributed by atoms with Crippen LogP contribution >= 0.6 is 0 Å². The summed E-state index contributed by atoms with van der Waals surface area (Å²) in [4.78, 5) is 39.2. The molecular weight excluding hydrogens is 288 g/mol. The zero-order valence-electron chi connectivity index (χ0n) is 14.4. The van der Waals surface area contributed by atoms with Gasteiger partial charge in [-0.05, 0) is 48.6 Å². The van der Waals surface area contributed by atoms with Crippen LogP contribution in [0.15, 0.2) is 0 Å². The molecule has 0 aromatic carbocycles. The molecule has 0 radical (unpaired) electrons. The van der Waals surface area contributed by atoms with Crippen LogP contribution in [0.3, 0.4) is 0 Å². The van der Waals surface area contributed by atoms with Crippen molar-refractivity contribution < 1.29 is 23.9 Å². The van der Waals surface area contributed by atoms with E-state index < -0.39 is 29.6 Å². The summed E-state index contributed by atoms with van der Waals surface area (Å²) < 4.78 is 10.5. The van der Waals surface area contributed by atoms with Crippen LogP contribution in [0.25, 0.3) is 0 Å². The first-order chi connectivity index (χ1) is 9.82. The molecule has 1 unspecified atom stereocenters. The van der Waals surface area contributed by atoms with Crippen molar-refractivity contribution in [2.45, 2.75) is 65.3 Å². The fraction of sp³-hybridized carbons (Fsp3) is 0.800. The first-order valence-corrected chi connectivity index (χ1v) is 7.30. The second-order valence-electron chi connectivity index (χ2n) is 7.40. The average molecular weight is 314 g/mol. The maximum absolute atomic E-state index is 12.4. The Labute approximate surface area is 131 Å². The van der Waals surface area contributed by atoms with Gasteiger partial charge in [-0.15, -0.1) is 0 Å². The molecule has 2 amide bonds. The fourth-order valence-corrected chi connectivity index (χ4v) is 2.02. The molecular formula is C15H26N2O5. The van der Waals surface area contributed by atoms with E-state index in [4.69, 9.17) is 9.47 Å². The lowest BCUT2D eigenvalue weighted by molar-refractivity contribution is -0.124. The number of carbonyl (C=O) groups is 3. The molecule has 1 aliphatic rings. The fourth-order valence-electron chi connectivity index (χ4n) is 2.02. The highest BCUT2D eigenvalue weighted by atomic mass is 16.6. The van der Waals surface area contributed by atoms with Crippen LogP contribution in [0.5, 0.6) is 0 Å². The van der Waals surface area contributed by atoms with Gasteiger partial charge in [-0.25, -0.2) is 9.59 Å². The van der Waals surface area contributed by atoms with Gasteiger partial charge in [0.1, 0.15) is 11.2 Å². The van der Waals surface area contributed by atoms with Crippen molar-refractivity contribution in [3.8, 4) is 0 Å². The molecule has 1 aliphatic heterocycles. The molecule has 0 aliphatic carbocycles. The van der Waals surface area contributed by atoms with E-state index in [1.807, 2.05) is 0 Å². The predicted molar refractivity (Wildman–Crippen MR) is 80.3 cm³/mol. The second-order valence-corrected chi connectivity index (χ2v) is 7.40. The topological polar surface area (TPSA) is 76.2 Å². The molecule has 22 heavy (non-hydrogen) atoms. The van der Waals surface area contributed by atoms with Crippen LogP contribution in [-0.2, 0) is 14.3 Å². The third-order valence-corrected chi connectivity index (χ3v) is 2.84. The molecule has 1 fully saturated rings. The molecule has 126 valence electrons. The smallest absolute Gasteiger partial charge is 0.421 e. The quantitative estimate of drug-likeness (QED) is 0.739. The number of likely N-dealkylation sites (N-methyl/N-ethyl adjacent to an activating group) is 1. The van der Waals surface area contributed by atoms with E-state index >= 15 is 0 Å². The molecule has 1 saturated heterocycles. The number of Topliss-reactive ketones (excluding diaryl/α,β-unsaturated/α-hetero) is 1. The van der Waals surface area contributed by atoms with Crippen LogP contribution in [-0.4, -0.2) is 58.7 Å². The minimum atomic E-state index is -0.982. The number of rotatable bonds is 1. The summed E-state index contributed by atoms with van der Waals surface area (Å²) in [6, 6.07) is 0. The number of nitrogens with zero attached hydrogens (tertiary/aromatic N) is 2. The lowest BCUT2D eigenvalue weighted by Crippen LogP contribution is -2.55. The standard InChI is InChI=1S/C15H26N2O5/c1-14(2,3)21-12(19)17(13(20)22-15(4,5)6)11-10(18)8-9-16(11)7/h11H,8-9H2,1-7H3. The Balaban J connectivity index is 3.07. The maximum atomic E-state index is 12.4. The zero-order chi connectivity index (χ0) is 17.3. The molecule has 0 aromatic heterocycles. The summed E-state index contributed by atoms with van der Waals surface area (Å²) in [6.45, 7) is 10.6. The summed E-state index contributed by atoms with van der Waals surface area (Å²) in [5.74, 6) is -0.209. The Hall–Kier alpha value is -1.63. The molecule has 0 spiro atoms. The zero-order valence-corrected chi connectivity index (χ0v) is 14.4. The molecule has 0 saturated carbocycles. The number of hydrogen-bond donors (Lipinski definition) is 0. The van der Waals surface area contributed by atoms with E-state index in [1.165, 1.54) is 0 Å². The van der Waals surface area contributed by atoms with Crippen LogP contribution in [0.2, 0.25) is 0 Å². The van der Waals surface area contributed by atoms with Crippen LogP contribution in [0.1, 0.15) is 48.0 Å². The molecule has 7 heteroatoms. The molecule has 7 nitrogen and oxygen atoms in total. The van der Waals surface area contributed by atoms with Gasteiger partial charge in [-0.1, -0.05) is 0 Å². The van der Waals surface area contributed by atoms with E-state index in [0.29, 0.717) is 6.54 Å². The van der Waals surface area contributed by atoms with Crippen molar-refractivity contribution in [1.82, 2.24) is 9.80 Å². The Bertz CT molecular complexity index is 434. The average Bonchev–Trinajstić information content (AvgIpc) is 2.56. The molecule has 0 N–H and O–H groups in total.